The number of hydrogen-bond donors (Lipinski definition) is 0. The van der Waals surface area contributed by atoms with E-state index in [0.29, 0.717) is 5.92 Å². The first-order valence-electron chi connectivity index (χ1n) is 15.1. The fourth-order valence-corrected chi connectivity index (χ4v) is 6.85. The van der Waals surface area contributed by atoms with Crippen molar-refractivity contribution >= 4 is 0 Å². The molecule has 0 radical (unpaired) electrons. The van der Waals surface area contributed by atoms with Gasteiger partial charge in [0.15, 0.2) is 0 Å². The molecule has 0 amide bonds. The van der Waals surface area contributed by atoms with E-state index in [9.17, 15) is 0 Å². The molecule has 0 saturated heterocycles. The highest BCUT2D eigenvalue weighted by atomic mass is 14.5. The van der Waals surface area contributed by atoms with Gasteiger partial charge in [-0.25, -0.2) is 0 Å². The molecule has 1 aliphatic carbocycles. The van der Waals surface area contributed by atoms with Crippen LogP contribution in [0.4, 0.5) is 0 Å². The van der Waals surface area contributed by atoms with Crippen LogP contribution in [0.5, 0.6) is 0 Å². The van der Waals surface area contributed by atoms with Crippen molar-refractivity contribution in [2.45, 2.75) is 58.3 Å². The van der Waals surface area contributed by atoms with Gasteiger partial charge in [-0.05, 0) is 112 Å². The lowest BCUT2D eigenvalue weighted by molar-refractivity contribution is 0.576. The van der Waals surface area contributed by atoms with Crippen LogP contribution in [-0.2, 0) is 5.41 Å². The molecule has 0 fully saturated rings. The molecule has 5 aromatic rings. The van der Waals surface area contributed by atoms with Crippen molar-refractivity contribution in [2.75, 3.05) is 0 Å². The molecule has 0 aliphatic heterocycles. The minimum atomic E-state index is -0.258. The highest BCUT2D eigenvalue weighted by molar-refractivity contribution is 5.88. The van der Waals surface area contributed by atoms with Gasteiger partial charge in [0.05, 0.1) is 0 Å². The van der Waals surface area contributed by atoms with Gasteiger partial charge in [0.1, 0.15) is 0 Å². The van der Waals surface area contributed by atoms with Gasteiger partial charge < -0.3 is 0 Å². The summed E-state index contributed by atoms with van der Waals surface area (Å²) in [6, 6.07) is 41.3. The lowest BCUT2D eigenvalue weighted by Gasteiger charge is -2.35. The first-order valence-corrected chi connectivity index (χ1v) is 15.1. The van der Waals surface area contributed by atoms with Gasteiger partial charge in [-0.1, -0.05) is 123 Å². The second-order valence-corrected chi connectivity index (χ2v) is 11.9. The Hall–Kier alpha value is -4.16. The van der Waals surface area contributed by atoms with E-state index < -0.39 is 0 Å². The summed E-state index contributed by atoms with van der Waals surface area (Å²) in [5.41, 5.74) is 15.8. The maximum Gasteiger partial charge on any atom is 0.0469 e. The van der Waals surface area contributed by atoms with Crippen molar-refractivity contribution in [3.63, 3.8) is 0 Å². The third-order valence-corrected chi connectivity index (χ3v) is 9.36. The summed E-state index contributed by atoms with van der Waals surface area (Å²) in [7, 11) is 0. The second-order valence-electron chi connectivity index (χ2n) is 11.9. The summed E-state index contributed by atoms with van der Waals surface area (Å²) in [6.45, 7) is 13.2. The summed E-state index contributed by atoms with van der Waals surface area (Å²) >= 11 is 0. The number of rotatable bonds is 8. The number of hydrogen-bond acceptors (Lipinski definition) is 0. The van der Waals surface area contributed by atoms with Gasteiger partial charge in [0.25, 0.3) is 0 Å². The second kappa shape index (κ2) is 11.0. The average molecular weight is 533 g/mol. The van der Waals surface area contributed by atoms with Crippen molar-refractivity contribution in [1.29, 1.82) is 0 Å². The molecule has 2 atom stereocenters. The Morgan fingerprint density at radius 3 is 1.83 bits per heavy atom. The Kier molecular flexibility index (Phi) is 7.26. The Bertz CT molecular complexity index is 1700. The van der Waals surface area contributed by atoms with Crippen molar-refractivity contribution < 1.29 is 0 Å². The number of fused-ring (bicyclic) bond motifs is 3. The van der Waals surface area contributed by atoms with Crippen molar-refractivity contribution in [1.82, 2.24) is 0 Å². The maximum atomic E-state index is 4.16. The van der Waals surface area contributed by atoms with Crippen LogP contribution >= 0.6 is 0 Å². The predicted octanol–water partition coefficient (Wildman–Crippen LogP) is 11.4. The van der Waals surface area contributed by atoms with Gasteiger partial charge in [0.2, 0.25) is 0 Å². The van der Waals surface area contributed by atoms with Crippen LogP contribution in [0.25, 0.3) is 33.4 Å². The fraction of sp³-hybridized carbons (Fsp3) is 0.220. The first-order chi connectivity index (χ1) is 20.0. The van der Waals surface area contributed by atoms with Crippen LogP contribution in [0.2, 0.25) is 0 Å². The van der Waals surface area contributed by atoms with Crippen molar-refractivity contribution in [3.8, 4) is 33.4 Å². The van der Waals surface area contributed by atoms with E-state index >= 15 is 0 Å². The Balaban J connectivity index is 1.61. The summed E-state index contributed by atoms with van der Waals surface area (Å²) in [6.07, 6.45) is 5.16. The molecule has 0 aromatic heterocycles. The molecular formula is C41H40. The van der Waals surface area contributed by atoms with E-state index in [1.807, 2.05) is 0 Å². The standard InChI is InChI=1S/C41H40/c1-6-8-24-41(38-25-28(3)14-15-30(38)5)39-26-34(32-12-10-9-11-13-32)20-22-36(39)37-23-21-35(27-40(37)41)33-18-16-31(17-19-33)29(4)7-2/h6,9-23,25-27,29H,1,7-8,24H2,2-5H3. The van der Waals surface area contributed by atoms with E-state index in [1.54, 1.807) is 0 Å². The summed E-state index contributed by atoms with van der Waals surface area (Å²) in [5, 5.41) is 0. The van der Waals surface area contributed by atoms with E-state index in [4.69, 9.17) is 0 Å². The largest absolute Gasteiger partial charge is 0.103 e. The normalized spacial score (nSPS) is 16.2. The molecule has 6 rings (SSSR count). The molecule has 0 heteroatoms. The molecule has 41 heavy (non-hydrogen) atoms. The first kappa shape index (κ1) is 27.0. The molecule has 0 saturated carbocycles. The third kappa shape index (κ3) is 4.66. The van der Waals surface area contributed by atoms with Gasteiger partial charge in [0, 0.05) is 5.41 Å². The van der Waals surface area contributed by atoms with Crippen LogP contribution in [0.3, 0.4) is 0 Å². The minimum Gasteiger partial charge on any atom is -0.103 e. The molecule has 204 valence electrons. The molecule has 0 N–H and O–H groups in total. The summed E-state index contributed by atoms with van der Waals surface area (Å²) in [5.74, 6) is 0.577. The molecular weight excluding hydrogens is 492 g/mol. The molecule has 5 aromatic carbocycles. The topological polar surface area (TPSA) is 0 Å². The zero-order valence-electron chi connectivity index (χ0n) is 24.9. The molecule has 0 nitrogen and oxygen atoms in total. The van der Waals surface area contributed by atoms with Crippen LogP contribution in [0.1, 0.15) is 72.4 Å². The van der Waals surface area contributed by atoms with Gasteiger partial charge in [-0.2, -0.15) is 0 Å². The number of aryl methyl sites for hydroxylation is 2. The van der Waals surface area contributed by atoms with E-state index in [-0.39, 0.29) is 5.41 Å². The number of allylic oxidation sites excluding steroid dienone is 1. The monoisotopic (exact) mass is 532 g/mol. The third-order valence-electron chi connectivity index (χ3n) is 9.36. The molecule has 0 bridgehead atoms. The lowest BCUT2D eigenvalue weighted by Crippen LogP contribution is -2.28. The van der Waals surface area contributed by atoms with Crippen molar-refractivity contribution in [3.05, 3.63) is 155 Å². The average Bonchev–Trinajstić information content (AvgIpc) is 3.30. The van der Waals surface area contributed by atoms with Crippen LogP contribution in [0, 0.1) is 13.8 Å². The lowest BCUT2D eigenvalue weighted by atomic mass is 9.67. The van der Waals surface area contributed by atoms with Crippen molar-refractivity contribution in [2.24, 2.45) is 0 Å². The number of benzene rings is 5. The molecule has 2 unspecified atom stereocenters. The summed E-state index contributed by atoms with van der Waals surface area (Å²) in [4.78, 5) is 0. The Labute approximate surface area is 246 Å². The SMILES string of the molecule is C=CCCC1(c2cc(C)ccc2C)c2cc(-c3ccccc3)ccc2-c2ccc(-c3ccc(C(C)CC)cc3)cc21. The highest BCUT2D eigenvalue weighted by Gasteiger charge is 2.45. The van der Waals surface area contributed by atoms with Crippen LogP contribution in [0.15, 0.2) is 122 Å². The van der Waals surface area contributed by atoms with E-state index in [0.717, 1.165) is 19.3 Å². The smallest absolute Gasteiger partial charge is 0.0469 e. The highest BCUT2D eigenvalue weighted by Crippen LogP contribution is 2.57. The molecule has 1 aliphatic rings. The maximum absolute atomic E-state index is 4.16. The Morgan fingerprint density at radius 1 is 0.659 bits per heavy atom. The van der Waals surface area contributed by atoms with E-state index in [1.165, 1.54) is 66.8 Å². The van der Waals surface area contributed by atoms with Gasteiger partial charge in [-0.3, -0.25) is 0 Å². The summed E-state index contributed by atoms with van der Waals surface area (Å²) < 4.78 is 0. The minimum absolute atomic E-state index is 0.258. The fourth-order valence-electron chi connectivity index (χ4n) is 6.85. The van der Waals surface area contributed by atoms with Gasteiger partial charge >= 0.3 is 0 Å². The van der Waals surface area contributed by atoms with Crippen LogP contribution in [-0.4, -0.2) is 0 Å². The van der Waals surface area contributed by atoms with E-state index in [2.05, 4.69) is 150 Å². The quantitative estimate of drug-likeness (QED) is 0.174. The van der Waals surface area contributed by atoms with Crippen LogP contribution < -0.4 is 0 Å². The molecule has 0 spiro atoms. The zero-order chi connectivity index (χ0) is 28.6. The predicted molar refractivity (Wildman–Crippen MR) is 177 cm³/mol. The molecule has 0 heterocycles. The van der Waals surface area contributed by atoms with Gasteiger partial charge in [-0.15, -0.1) is 6.58 Å². The zero-order valence-corrected chi connectivity index (χ0v) is 24.9. The Morgan fingerprint density at radius 2 is 1.24 bits per heavy atom.